The second-order valence-corrected chi connectivity index (χ2v) is 6.29. The van der Waals surface area contributed by atoms with Crippen molar-refractivity contribution in [2.24, 2.45) is 0 Å². The van der Waals surface area contributed by atoms with E-state index in [2.05, 4.69) is 11.2 Å². The number of likely N-dealkylation sites (tertiary alicyclic amines) is 1. The molecule has 4 rings (SSSR count). The molecule has 2 aromatic rings. The van der Waals surface area contributed by atoms with Gasteiger partial charge >= 0.3 is 0 Å². The minimum Gasteiger partial charge on any atom is -0.371 e. The predicted octanol–water partition coefficient (Wildman–Crippen LogP) is 1.24. The van der Waals surface area contributed by atoms with E-state index in [1.807, 2.05) is 16.9 Å². The first-order valence-corrected chi connectivity index (χ1v) is 8.26. The molecule has 1 amide bonds. The fourth-order valence-corrected chi connectivity index (χ4v) is 3.30. The summed E-state index contributed by atoms with van der Waals surface area (Å²) in [7, 11) is 0. The SMILES string of the molecule is N#Cc1cccc(C(=O)N2C[C@@H]3OCC(n4cccn4)CO[C@H]3C2)c1. The summed E-state index contributed by atoms with van der Waals surface area (Å²) in [6.07, 6.45) is 3.37. The molecule has 0 radical (unpaired) electrons. The molecule has 128 valence electrons. The number of carbonyl (C=O) groups excluding carboxylic acids is 1. The van der Waals surface area contributed by atoms with Gasteiger partial charge in [0.2, 0.25) is 0 Å². The monoisotopic (exact) mass is 338 g/mol. The van der Waals surface area contributed by atoms with Crippen LogP contribution in [0.3, 0.4) is 0 Å². The Morgan fingerprint density at radius 2 is 1.96 bits per heavy atom. The molecule has 2 aliphatic rings. The smallest absolute Gasteiger partial charge is 0.254 e. The van der Waals surface area contributed by atoms with Crippen LogP contribution >= 0.6 is 0 Å². The standard InChI is InChI=1S/C18H18N4O3/c19-8-13-3-1-4-14(7-13)18(23)21-9-16-17(10-21)25-12-15(11-24-16)22-6-2-5-20-22/h1-7,15-17H,9-12H2/t16-,17-/m0/s1. The van der Waals surface area contributed by atoms with E-state index in [9.17, 15) is 4.79 Å². The highest BCUT2D eigenvalue weighted by Crippen LogP contribution is 2.25. The molecular formula is C18H18N4O3. The molecular weight excluding hydrogens is 320 g/mol. The van der Waals surface area contributed by atoms with Crippen molar-refractivity contribution in [1.82, 2.24) is 14.7 Å². The second-order valence-electron chi connectivity index (χ2n) is 6.29. The quantitative estimate of drug-likeness (QED) is 0.823. The fraction of sp³-hybridized carbons (Fsp3) is 0.389. The number of hydrogen-bond acceptors (Lipinski definition) is 5. The third-order valence-electron chi connectivity index (χ3n) is 4.65. The third kappa shape index (κ3) is 3.14. The van der Waals surface area contributed by atoms with Crippen molar-refractivity contribution in [2.75, 3.05) is 26.3 Å². The topological polar surface area (TPSA) is 80.4 Å². The van der Waals surface area contributed by atoms with E-state index in [1.165, 1.54) is 0 Å². The Morgan fingerprint density at radius 3 is 2.60 bits per heavy atom. The fourth-order valence-electron chi connectivity index (χ4n) is 3.30. The van der Waals surface area contributed by atoms with Gasteiger partial charge in [0.05, 0.1) is 30.9 Å². The van der Waals surface area contributed by atoms with Crippen molar-refractivity contribution in [3.05, 3.63) is 53.9 Å². The summed E-state index contributed by atoms with van der Waals surface area (Å²) in [5, 5.41) is 13.2. The Labute approximate surface area is 145 Å². The Kier molecular flexibility index (Phi) is 4.22. The van der Waals surface area contributed by atoms with Gasteiger partial charge < -0.3 is 14.4 Å². The number of ether oxygens (including phenoxy) is 2. The minimum absolute atomic E-state index is 0.0528. The summed E-state index contributed by atoms with van der Waals surface area (Å²) in [4.78, 5) is 14.4. The van der Waals surface area contributed by atoms with Crippen molar-refractivity contribution in [3.63, 3.8) is 0 Å². The number of carbonyl (C=O) groups is 1. The second kappa shape index (κ2) is 6.67. The lowest BCUT2D eigenvalue weighted by Crippen LogP contribution is -2.31. The van der Waals surface area contributed by atoms with Crippen molar-refractivity contribution >= 4 is 5.91 Å². The molecule has 0 saturated carbocycles. The first kappa shape index (κ1) is 15.8. The molecule has 0 N–H and O–H groups in total. The summed E-state index contributed by atoms with van der Waals surface area (Å²) in [6, 6.07) is 10.7. The molecule has 0 aliphatic carbocycles. The van der Waals surface area contributed by atoms with Gasteiger partial charge in [0.15, 0.2) is 0 Å². The molecule has 7 heteroatoms. The number of benzene rings is 1. The lowest BCUT2D eigenvalue weighted by Gasteiger charge is -2.19. The number of amides is 1. The van der Waals surface area contributed by atoms with E-state index in [-0.39, 0.29) is 24.2 Å². The van der Waals surface area contributed by atoms with E-state index >= 15 is 0 Å². The van der Waals surface area contributed by atoms with Gasteiger partial charge in [-0.25, -0.2) is 0 Å². The van der Waals surface area contributed by atoms with E-state index in [1.54, 1.807) is 35.4 Å². The molecule has 0 spiro atoms. The number of nitrogens with zero attached hydrogens (tertiary/aromatic N) is 4. The van der Waals surface area contributed by atoms with Crippen LogP contribution in [-0.4, -0.2) is 59.1 Å². The van der Waals surface area contributed by atoms with Gasteiger partial charge in [-0.1, -0.05) is 6.07 Å². The van der Waals surface area contributed by atoms with Crippen LogP contribution in [0.2, 0.25) is 0 Å². The zero-order valence-electron chi connectivity index (χ0n) is 13.6. The minimum atomic E-state index is -0.135. The van der Waals surface area contributed by atoms with Crippen LogP contribution in [0, 0.1) is 11.3 Å². The molecule has 2 atom stereocenters. The van der Waals surface area contributed by atoms with E-state index in [4.69, 9.17) is 14.7 Å². The average Bonchev–Trinajstić information content (AvgIpc) is 3.28. The van der Waals surface area contributed by atoms with Gasteiger partial charge in [0.25, 0.3) is 5.91 Å². The van der Waals surface area contributed by atoms with Crippen LogP contribution in [0.25, 0.3) is 0 Å². The number of rotatable bonds is 2. The maximum absolute atomic E-state index is 12.7. The molecule has 0 unspecified atom stereocenters. The number of hydrogen-bond donors (Lipinski definition) is 0. The highest BCUT2D eigenvalue weighted by molar-refractivity contribution is 5.94. The van der Waals surface area contributed by atoms with Gasteiger partial charge in [-0.2, -0.15) is 10.4 Å². The normalized spacial score (nSPS) is 23.7. The zero-order valence-corrected chi connectivity index (χ0v) is 13.6. The van der Waals surface area contributed by atoms with Gasteiger partial charge in [0, 0.05) is 31.0 Å². The number of fused-ring (bicyclic) bond motifs is 1. The van der Waals surface area contributed by atoms with Gasteiger partial charge in [0.1, 0.15) is 12.2 Å². The molecule has 25 heavy (non-hydrogen) atoms. The van der Waals surface area contributed by atoms with Gasteiger partial charge in [-0.3, -0.25) is 9.48 Å². The van der Waals surface area contributed by atoms with Crippen LogP contribution in [0.4, 0.5) is 0 Å². The molecule has 2 aliphatic heterocycles. The average molecular weight is 338 g/mol. The summed E-state index contributed by atoms with van der Waals surface area (Å²) < 4.78 is 13.8. The van der Waals surface area contributed by atoms with Crippen LogP contribution in [0.15, 0.2) is 42.7 Å². The van der Waals surface area contributed by atoms with Gasteiger partial charge in [-0.15, -0.1) is 0 Å². The molecule has 3 heterocycles. The zero-order chi connectivity index (χ0) is 17.2. The maximum Gasteiger partial charge on any atom is 0.254 e. The number of nitriles is 1. The van der Waals surface area contributed by atoms with Crippen LogP contribution in [0.5, 0.6) is 0 Å². The van der Waals surface area contributed by atoms with Gasteiger partial charge in [-0.05, 0) is 24.3 Å². The molecule has 1 aromatic heterocycles. The highest BCUT2D eigenvalue weighted by Gasteiger charge is 2.39. The number of aromatic nitrogens is 2. The van der Waals surface area contributed by atoms with E-state index in [0.717, 1.165) is 0 Å². The van der Waals surface area contributed by atoms with Crippen molar-refractivity contribution < 1.29 is 14.3 Å². The van der Waals surface area contributed by atoms with Crippen molar-refractivity contribution in [2.45, 2.75) is 18.2 Å². The van der Waals surface area contributed by atoms with Crippen LogP contribution < -0.4 is 0 Å². The summed E-state index contributed by atoms with van der Waals surface area (Å²) in [5.41, 5.74) is 0.999. The largest absolute Gasteiger partial charge is 0.371 e. The maximum atomic E-state index is 12.7. The highest BCUT2D eigenvalue weighted by atomic mass is 16.6. The van der Waals surface area contributed by atoms with Crippen molar-refractivity contribution in [3.8, 4) is 6.07 Å². The van der Waals surface area contributed by atoms with Crippen molar-refractivity contribution in [1.29, 1.82) is 5.26 Å². The molecule has 2 fully saturated rings. The van der Waals surface area contributed by atoms with Crippen LogP contribution in [-0.2, 0) is 9.47 Å². The predicted molar refractivity (Wildman–Crippen MR) is 87.8 cm³/mol. The lowest BCUT2D eigenvalue weighted by atomic mass is 10.1. The lowest BCUT2D eigenvalue weighted by molar-refractivity contribution is -0.00461. The molecule has 0 bridgehead atoms. The molecule has 7 nitrogen and oxygen atoms in total. The summed E-state index contributed by atoms with van der Waals surface area (Å²) >= 11 is 0. The summed E-state index contributed by atoms with van der Waals surface area (Å²) in [5.74, 6) is -0.0963. The Balaban J connectivity index is 1.42. The molecule has 1 aromatic carbocycles. The van der Waals surface area contributed by atoms with Crippen LogP contribution in [0.1, 0.15) is 22.0 Å². The Hall–Kier alpha value is -2.69. The molecule has 2 saturated heterocycles. The Morgan fingerprint density at radius 1 is 1.20 bits per heavy atom. The summed E-state index contributed by atoms with van der Waals surface area (Å²) in [6.45, 7) is 2.00. The third-order valence-corrected chi connectivity index (χ3v) is 4.65. The van der Waals surface area contributed by atoms with E-state index in [0.29, 0.717) is 37.4 Å². The van der Waals surface area contributed by atoms with E-state index < -0.39 is 0 Å². The first-order valence-electron chi connectivity index (χ1n) is 8.26. The Bertz CT molecular complexity index is 783. The first-order chi connectivity index (χ1) is 12.2.